The molecule has 0 aliphatic carbocycles. The lowest BCUT2D eigenvalue weighted by Gasteiger charge is -2.15. The second-order valence-corrected chi connectivity index (χ2v) is 5.59. The zero-order valence-corrected chi connectivity index (χ0v) is 13.1. The molecule has 100 valence electrons. The van der Waals surface area contributed by atoms with Gasteiger partial charge >= 0.3 is 5.88 Å². The number of benzene rings is 1. The number of nitro groups is 1. The summed E-state index contributed by atoms with van der Waals surface area (Å²) >= 11 is 6.88. The summed E-state index contributed by atoms with van der Waals surface area (Å²) in [5.74, 6) is 0.231. The minimum atomic E-state index is -0.549. The molecule has 0 aliphatic rings. The predicted octanol–water partition coefficient (Wildman–Crippen LogP) is 4.02. The van der Waals surface area contributed by atoms with E-state index in [1.54, 1.807) is 13.1 Å². The molecule has 1 aromatic carbocycles. The zero-order chi connectivity index (χ0) is 14.0. The monoisotopic (exact) mass is 388 g/mol. The number of rotatable bonds is 4. The van der Waals surface area contributed by atoms with Gasteiger partial charge in [-0.1, -0.05) is 31.9 Å². The number of halogens is 2. The highest BCUT2D eigenvalue weighted by molar-refractivity contribution is 9.11. The molecule has 0 amide bonds. The van der Waals surface area contributed by atoms with Gasteiger partial charge in [-0.15, -0.1) is 0 Å². The van der Waals surface area contributed by atoms with Crippen molar-refractivity contribution in [2.45, 2.75) is 6.04 Å². The fraction of sp³-hybridized carbons (Fsp3) is 0.167. The van der Waals surface area contributed by atoms with Crippen molar-refractivity contribution in [3.63, 3.8) is 0 Å². The van der Waals surface area contributed by atoms with Crippen LogP contribution in [0.25, 0.3) is 0 Å². The molecule has 0 aliphatic heterocycles. The van der Waals surface area contributed by atoms with Gasteiger partial charge in [0.1, 0.15) is 10.7 Å². The maximum atomic E-state index is 10.7. The molecule has 0 fully saturated rings. The van der Waals surface area contributed by atoms with Crippen LogP contribution in [-0.2, 0) is 0 Å². The van der Waals surface area contributed by atoms with Crippen molar-refractivity contribution in [2.75, 3.05) is 7.05 Å². The predicted molar refractivity (Wildman–Crippen MR) is 78.1 cm³/mol. The topological polar surface area (TPSA) is 68.3 Å². The Balaban J connectivity index is 2.43. The van der Waals surface area contributed by atoms with Gasteiger partial charge in [0.2, 0.25) is 0 Å². The number of nitrogens with one attached hydrogen (secondary N) is 1. The van der Waals surface area contributed by atoms with E-state index in [9.17, 15) is 10.1 Å². The van der Waals surface area contributed by atoms with Gasteiger partial charge in [0.25, 0.3) is 0 Å². The summed E-state index contributed by atoms with van der Waals surface area (Å²) in [5.41, 5.74) is 0.932. The lowest BCUT2D eigenvalue weighted by Crippen LogP contribution is -2.17. The summed E-state index contributed by atoms with van der Waals surface area (Å²) in [6.07, 6.45) is 0. The summed E-state index contributed by atoms with van der Waals surface area (Å²) in [7, 11) is 1.77. The van der Waals surface area contributed by atoms with Crippen LogP contribution in [0.15, 0.2) is 43.7 Å². The molecule has 2 aromatic rings. The summed E-state index contributed by atoms with van der Waals surface area (Å²) < 4.78 is 7.07. The Morgan fingerprint density at radius 2 is 2.05 bits per heavy atom. The molecule has 0 saturated heterocycles. The SMILES string of the molecule is CNC(c1ccc([N+](=O)[O-])o1)c1cc(Br)ccc1Br. The molecule has 2 rings (SSSR count). The van der Waals surface area contributed by atoms with Crippen LogP contribution in [-0.4, -0.2) is 12.0 Å². The molecule has 1 aromatic heterocycles. The molecular weight excluding hydrogens is 380 g/mol. The van der Waals surface area contributed by atoms with Gasteiger partial charge in [0, 0.05) is 8.95 Å². The maximum absolute atomic E-state index is 10.7. The third-order valence-corrected chi connectivity index (χ3v) is 3.85. The van der Waals surface area contributed by atoms with Crippen molar-refractivity contribution in [1.29, 1.82) is 0 Å². The third kappa shape index (κ3) is 3.05. The molecule has 0 radical (unpaired) electrons. The average Bonchev–Trinajstić information content (AvgIpc) is 2.84. The van der Waals surface area contributed by atoms with Gasteiger partial charge in [-0.05, 0) is 36.9 Å². The highest BCUT2D eigenvalue weighted by atomic mass is 79.9. The molecule has 0 bridgehead atoms. The van der Waals surface area contributed by atoms with E-state index in [-0.39, 0.29) is 11.9 Å². The number of hydrogen-bond acceptors (Lipinski definition) is 4. The molecule has 0 spiro atoms. The quantitative estimate of drug-likeness (QED) is 0.633. The van der Waals surface area contributed by atoms with E-state index in [0.29, 0.717) is 5.76 Å². The van der Waals surface area contributed by atoms with Gasteiger partial charge in [-0.3, -0.25) is 10.1 Å². The van der Waals surface area contributed by atoms with Gasteiger partial charge in [0.05, 0.1) is 12.1 Å². The number of hydrogen-bond donors (Lipinski definition) is 1. The van der Waals surface area contributed by atoms with Crippen LogP contribution < -0.4 is 5.32 Å². The van der Waals surface area contributed by atoms with Crippen molar-refractivity contribution >= 4 is 37.7 Å². The molecule has 1 heterocycles. The highest BCUT2D eigenvalue weighted by Crippen LogP contribution is 2.32. The minimum Gasteiger partial charge on any atom is -0.404 e. The first kappa shape index (κ1) is 14.2. The second kappa shape index (κ2) is 5.85. The van der Waals surface area contributed by atoms with E-state index in [1.165, 1.54) is 6.07 Å². The number of furan rings is 1. The first-order valence-electron chi connectivity index (χ1n) is 5.39. The molecule has 1 unspecified atom stereocenters. The Morgan fingerprint density at radius 1 is 1.32 bits per heavy atom. The van der Waals surface area contributed by atoms with Crippen molar-refractivity contribution in [1.82, 2.24) is 5.32 Å². The second-order valence-electron chi connectivity index (χ2n) is 3.82. The van der Waals surface area contributed by atoms with E-state index >= 15 is 0 Å². The summed E-state index contributed by atoms with van der Waals surface area (Å²) in [4.78, 5) is 10.1. The summed E-state index contributed by atoms with van der Waals surface area (Å²) in [5, 5.41) is 13.7. The first-order chi connectivity index (χ1) is 9.02. The van der Waals surface area contributed by atoms with Crippen LogP contribution in [0.3, 0.4) is 0 Å². The molecule has 1 N–H and O–H groups in total. The lowest BCUT2D eigenvalue weighted by atomic mass is 10.1. The Bertz CT molecular complexity index is 613. The Morgan fingerprint density at radius 3 is 2.63 bits per heavy atom. The summed E-state index contributed by atoms with van der Waals surface area (Å²) in [6.45, 7) is 0. The molecule has 5 nitrogen and oxygen atoms in total. The van der Waals surface area contributed by atoms with Crippen molar-refractivity contribution in [3.05, 3.63) is 60.7 Å². The largest absolute Gasteiger partial charge is 0.433 e. The van der Waals surface area contributed by atoms with Gasteiger partial charge in [-0.2, -0.15) is 0 Å². The zero-order valence-electron chi connectivity index (χ0n) is 9.89. The molecule has 19 heavy (non-hydrogen) atoms. The minimum absolute atomic E-state index is 0.263. The van der Waals surface area contributed by atoms with Crippen molar-refractivity contribution < 1.29 is 9.34 Å². The molecule has 7 heteroatoms. The molecule has 1 atom stereocenters. The summed E-state index contributed by atoms with van der Waals surface area (Å²) in [6, 6.07) is 8.43. The third-order valence-electron chi connectivity index (χ3n) is 2.63. The maximum Gasteiger partial charge on any atom is 0.433 e. The van der Waals surface area contributed by atoms with Crippen LogP contribution in [0.4, 0.5) is 5.88 Å². The molecule has 0 saturated carbocycles. The van der Waals surface area contributed by atoms with E-state index in [0.717, 1.165) is 14.5 Å². The van der Waals surface area contributed by atoms with E-state index in [4.69, 9.17) is 4.42 Å². The Kier molecular flexibility index (Phi) is 4.38. The van der Waals surface area contributed by atoms with Crippen LogP contribution in [0.2, 0.25) is 0 Å². The normalized spacial score (nSPS) is 12.4. The standard InChI is InChI=1S/C12H10Br2N2O3/c1-15-12(8-6-7(13)2-3-9(8)14)10-4-5-11(19-10)16(17)18/h2-6,12,15H,1H3. The number of nitrogens with zero attached hydrogens (tertiary/aromatic N) is 1. The first-order valence-corrected chi connectivity index (χ1v) is 6.98. The molecular formula is C12H10Br2N2O3. The van der Waals surface area contributed by atoms with Crippen LogP contribution in [0.1, 0.15) is 17.4 Å². The highest BCUT2D eigenvalue weighted by Gasteiger charge is 2.22. The lowest BCUT2D eigenvalue weighted by molar-refractivity contribution is -0.402. The van der Waals surface area contributed by atoms with Crippen LogP contribution in [0.5, 0.6) is 0 Å². The Hall–Kier alpha value is -1.18. The van der Waals surface area contributed by atoms with Gasteiger partial charge < -0.3 is 9.73 Å². The van der Waals surface area contributed by atoms with E-state index in [2.05, 4.69) is 37.2 Å². The van der Waals surface area contributed by atoms with Gasteiger partial charge in [-0.25, -0.2) is 0 Å². The smallest absolute Gasteiger partial charge is 0.404 e. The van der Waals surface area contributed by atoms with Crippen molar-refractivity contribution in [2.24, 2.45) is 0 Å². The fourth-order valence-electron chi connectivity index (χ4n) is 1.78. The average molecular weight is 390 g/mol. The Labute approximate surface area is 126 Å². The van der Waals surface area contributed by atoms with Crippen molar-refractivity contribution in [3.8, 4) is 0 Å². The van der Waals surface area contributed by atoms with E-state index in [1.807, 2.05) is 18.2 Å². The van der Waals surface area contributed by atoms with Crippen LogP contribution in [0, 0.1) is 10.1 Å². The van der Waals surface area contributed by atoms with E-state index < -0.39 is 4.92 Å². The fourth-order valence-corrected chi connectivity index (χ4v) is 2.64. The van der Waals surface area contributed by atoms with Crippen LogP contribution >= 0.6 is 31.9 Å². The van der Waals surface area contributed by atoms with Gasteiger partial charge in [0.15, 0.2) is 0 Å².